The van der Waals surface area contributed by atoms with Crippen LogP contribution in [-0.2, 0) is 0 Å². The maximum absolute atomic E-state index is 12.6. The lowest BCUT2D eigenvalue weighted by molar-refractivity contribution is 0.0818. The predicted molar refractivity (Wildman–Crippen MR) is 113 cm³/mol. The fourth-order valence-electron chi connectivity index (χ4n) is 2.74. The van der Waals surface area contributed by atoms with Crippen LogP contribution in [-0.4, -0.2) is 24.9 Å². The molecule has 0 spiro atoms. The fourth-order valence-corrected chi connectivity index (χ4v) is 2.96. The molecule has 0 aromatic heterocycles. The summed E-state index contributed by atoms with van der Waals surface area (Å²) < 4.78 is 10.9. The van der Waals surface area contributed by atoms with E-state index in [0.29, 0.717) is 33.3 Å². The van der Waals surface area contributed by atoms with Crippen molar-refractivity contribution in [3.8, 4) is 11.5 Å². The molecule has 0 saturated carbocycles. The molecule has 0 heterocycles. The highest BCUT2D eigenvalue weighted by Gasteiger charge is 2.17. The first kappa shape index (κ1) is 20.4. The number of Topliss-reactive ketones (excluding diaryl/α,β-unsaturated/α-hetero) is 1. The molecule has 0 radical (unpaired) electrons. The largest absolute Gasteiger partial charge is 0.497 e. The van der Waals surface area contributed by atoms with Crippen molar-refractivity contribution in [3.05, 3.63) is 88.9 Å². The second-order valence-electron chi connectivity index (χ2n) is 6.31. The predicted octanol–water partition coefficient (Wildman–Crippen LogP) is 5.25. The second-order valence-corrected chi connectivity index (χ2v) is 6.72. The Bertz CT molecular complexity index is 1020. The maximum atomic E-state index is 12.6. The number of hydrogen-bond donors (Lipinski definition) is 1. The van der Waals surface area contributed by atoms with Crippen molar-refractivity contribution in [1.29, 1.82) is 0 Å². The summed E-state index contributed by atoms with van der Waals surface area (Å²) >= 11 is 6.07. The first-order chi connectivity index (χ1) is 14.0. The van der Waals surface area contributed by atoms with Gasteiger partial charge in [0, 0.05) is 17.3 Å². The molecule has 6 heteroatoms. The molecular formula is C23H20ClNO4. The van der Waals surface area contributed by atoms with Crippen molar-refractivity contribution in [1.82, 2.24) is 0 Å². The van der Waals surface area contributed by atoms with Crippen LogP contribution in [0, 0.1) is 0 Å². The minimum Gasteiger partial charge on any atom is -0.497 e. The third-order valence-corrected chi connectivity index (χ3v) is 4.60. The van der Waals surface area contributed by atoms with Crippen LogP contribution >= 0.6 is 11.6 Å². The molecule has 0 aliphatic rings. The number of rotatable bonds is 7. The van der Waals surface area contributed by atoms with Crippen LogP contribution in [0.25, 0.3) is 0 Å². The van der Waals surface area contributed by atoms with Crippen LogP contribution in [0.2, 0.25) is 5.02 Å². The molecule has 1 amide bonds. The van der Waals surface area contributed by atoms with Crippen LogP contribution in [0.5, 0.6) is 11.5 Å². The van der Waals surface area contributed by atoms with Gasteiger partial charge in [-0.15, -0.1) is 0 Å². The van der Waals surface area contributed by atoms with Gasteiger partial charge in [0.1, 0.15) is 11.5 Å². The Morgan fingerprint density at radius 1 is 0.931 bits per heavy atom. The molecule has 0 unspecified atom stereocenters. The summed E-state index contributed by atoms with van der Waals surface area (Å²) in [6.45, 7) is 1.68. The molecule has 5 nitrogen and oxygen atoms in total. The van der Waals surface area contributed by atoms with E-state index in [-0.39, 0.29) is 11.7 Å². The van der Waals surface area contributed by atoms with Crippen LogP contribution in [0.1, 0.15) is 27.6 Å². The van der Waals surface area contributed by atoms with Crippen molar-refractivity contribution in [2.45, 2.75) is 13.0 Å². The van der Waals surface area contributed by atoms with Gasteiger partial charge in [0.05, 0.1) is 17.7 Å². The summed E-state index contributed by atoms with van der Waals surface area (Å²) in [5.41, 5.74) is 1.45. The van der Waals surface area contributed by atoms with Gasteiger partial charge in [-0.25, -0.2) is 0 Å². The Hall–Kier alpha value is -3.31. The number of methoxy groups -OCH3 is 1. The normalized spacial score (nSPS) is 11.4. The van der Waals surface area contributed by atoms with Crippen molar-refractivity contribution >= 4 is 29.0 Å². The molecule has 0 aliphatic carbocycles. The van der Waals surface area contributed by atoms with E-state index in [1.54, 1.807) is 86.8 Å². The molecule has 3 aromatic rings. The molecule has 0 fully saturated rings. The lowest BCUT2D eigenvalue weighted by atomic mass is 10.1. The number of ketones is 1. The van der Waals surface area contributed by atoms with E-state index in [0.717, 1.165) is 0 Å². The highest BCUT2D eigenvalue weighted by Crippen LogP contribution is 2.22. The van der Waals surface area contributed by atoms with Gasteiger partial charge in [-0.05, 0) is 55.5 Å². The van der Waals surface area contributed by atoms with Crippen molar-refractivity contribution in [2.75, 3.05) is 12.4 Å². The Balaban J connectivity index is 1.68. The van der Waals surface area contributed by atoms with Gasteiger partial charge in [-0.3, -0.25) is 9.59 Å². The van der Waals surface area contributed by atoms with E-state index in [4.69, 9.17) is 21.1 Å². The molecule has 29 heavy (non-hydrogen) atoms. The number of amides is 1. The Kier molecular flexibility index (Phi) is 6.52. The van der Waals surface area contributed by atoms with Crippen LogP contribution in [0.3, 0.4) is 0 Å². The average molecular weight is 410 g/mol. The van der Waals surface area contributed by atoms with Crippen LogP contribution in [0.15, 0.2) is 72.8 Å². The number of halogens is 1. The van der Waals surface area contributed by atoms with Crippen molar-refractivity contribution < 1.29 is 19.1 Å². The average Bonchev–Trinajstić information content (AvgIpc) is 2.73. The first-order valence-electron chi connectivity index (χ1n) is 8.99. The smallest absolute Gasteiger partial charge is 0.257 e. The van der Waals surface area contributed by atoms with E-state index in [9.17, 15) is 9.59 Å². The number of anilines is 1. The van der Waals surface area contributed by atoms with Gasteiger partial charge >= 0.3 is 0 Å². The van der Waals surface area contributed by atoms with E-state index in [2.05, 4.69) is 5.32 Å². The summed E-state index contributed by atoms with van der Waals surface area (Å²) in [5.74, 6) is 0.668. The van der Waals surface area contributed by atoms with Gasteiger partial charge in [0.15, 0.2) is 6.10 Å². The number of carbonyl (C=O) groups excluding carboxylic acids is 2. The monoisotopic (exact) mass is 409 g/mol. The zero-order chi connectivity index (χ0) is 20.8. The highest BCUT2D eigenvalue weighted by molar-refractivity contribution is 6.34. The van der Waals surface area contributed by atoms with Gasteiger partial charge in [-0.2, -0.15) is 0 Å². The number of hydrogen-bond acceptors (Lipinski definition) is 4. The molecule has 3 rings (SSSR count). The summed E-state index contributed by atoms with van der Waals surface area (Å²) in [5, 5.41) is 3.16. The van der Waals surface area contributed by atoms with Crippen molar-refractivity contribution in [2.24, 2.45) is 0 Å². The summed E-state index contributed by atoms with van der Waals surface area (Å²) in [6.07, 6.45) is -0.696. The Morgan fingerprint density at radius 3 is 2.34 bits per heavy atom. The lowest BCUT2D eigenvalue weighted by Gasteiger charge is -2.15. The molecule has 0 aliphatic heterocycles. The Morgan fingerprint density at radius 2 is 1.66 bits per heavy atom. The zero-order valence-corrected chi connectivity index (χ0v) is 16.8. The van der Waals surface area contributed by atoms with Crippen LogP contribution < -0.4 is 14.8 Å². The van der Waals surface area contributed by atoms with Crippen LogP contribution in [0.4, 0.5) is 5.69 Å². The summed E-state index contributed by atoms with van der Waals surface area (Å²) in [4.78, 5) is 25.0. The third kappa shape index (κ3) is 5.15. The third-order valence-electron chi connectivity index (χ3n) is 4.27. The second kappa shape index (κ2) is 9.26. The van der Waals surface area contributed by atoms with E-state index in [1.165, 1.54) is 0 Å². The van der Waals surface area contributed by atoms with E-state index < -0.39 is 6.10 Å². The molecule has 1 atom stereocenters. The fraction of sp³-hybridized carbons (Fsp3) is 0.130. The van der Waals surface area contributed by atoms with Gasteiger partial charge < -0.3 is 14.8 Å². The quantitative estimate of drug-likeness (QED) is 0.541. The number of benzene rings is 3. The molecule has 1 N–H and O–H groups in total. The lowest BCUT2D eigenvalue weighted by Crippen LogP contribution is -2.24. The topological polar surface area (TPSA) is 64.6 Å². The molecule has 3 aromatic carbocycles. The number of nitrogens with one attached hydrogen (secondary N) is 1. The molecule has 0 bridgehead atoms. The first-order valence-corrected chi connectivity index (χ1v) is 9.36. The molecular weight excluding hydrogens is 390 g/mol. The summed E-state index contributed by atoms with van der Waals surface area (Å²) in [7, 11) is 1.57. The minimum atomic E-state index is -0.696. The zero-order valence-electron chi connectivity index (χ0n) is 16.0. The number of carbonyl (C=O) groups is 2. The number of ether oxygens (including phenoxy) is 2. The van der Waals surface area contributed by atoms with Gasteiger partial charge in [0.2, 0.25) is 5.78 Å². The minimum absolute atomic E-state index is 0.154. The van der Waals surface area contributed by atoms with Gasteiger partial charge in [-0.1, -0.05) is 29.8 Å². The molecule has 0 saturated heterocycles. The standard InChI is InChI=1S/C23H20ClNO4/c1-15(22(26)16-10-12-18(28-2)13-11-16)29-19-7-5-6-17(14-19)25-23(27)20-8-3-4-9-21(20)24/h3-15H,1-2H3,(H,25,27)/t15-/m0/s1. The van der Waals surface area contributed by atoms with E-state index in [1.807, 2.05) is 0 Å². The van der Waals surface area contributed by atoms with E-state index >= 15 is 0 Å². The highest BCUT2D eigenvalue weighted by atomic mass is 35.5. The summed E-state index contributed by atoms with van der Waals surface area (Å²) in [6, 6.07) is 20.5. The maximum Gasteiger partial charge on any atom is 0.257 e. The SMILES string of the molecule is COc1ccc(C(=O)[C@H](C)Oc2cccc(NC(=O)c3ccccc3Cl)c2)cc1. The molecule has 148 valence electrons. The Labute approximate surface area is 174 Å². The van der Waals surface area contributed by atoms with Gasteiger partial charge in [0.25, 0.3) is 5.91 Å². The van der Waals surface area contributed by atoms with Crippen molar-refractivity contribution in [3.63, 3.8) is 0 Å².